The van der Waals surface area contributed by atoms with E-state index in [0.717, 1.165) is 68.4 Å². The van der Waals surface area contributed by atoms with Crippen molar-refractivity contribution in [2.75, 3.05) is 19.6 Å². The first kappa shape index (κ1) is 23.1. The van der Waals surface area contributed by atoms with Gasteiger partial charge in [0.2, 0.25) is 0 Å². The molecule has 2 fully saturated rings. The molecule has 178 valence electrons. The molecule has 1 saturated carbocycles. The number of rotatable bonds is 7. The van der Waals surface area contributed by atoms with E-state index in [1.165, 1.54) is 9.13 Å². The lowest BCUT2D eigenvalue weighted by Gasteiger charge is -2.58. The van der Waals surface area contributed by atoms with Crippen LogP contribution in [0.15, 0.2) is 41.5 Å². The minimum atomic E-state index is -0.114. The van der Waals surface area contributed by atoms with E-state index in [0.29, 0.717) is 20.8 Å². The van der Waals surface area contributed by atoms with Gasteiger partial charge in [0, 0.05) is 43.3 Å². The zero-order valence-electron chi connectivity index (χ0n) is 19.0. The van der Waals surface area contributed by atoms with Gasteiger partial charge in [0.25, 0.3) is 5.56 Å². The molecule has 9 heteroatoms. The van der Waals surface area contributed by atoms with Gasteiger partial charge in [0.15, 0.2) is 0 Å². The molecule has 1 aromatic carbocycles. The molecular formula is C25H27Cl2N5O2. The van der Waals surface area contributed by atoms with Crippen molar-refractivity contribution < 1.29 is 4.74 Å². The van der Waals surface area contributed by atoms with Gasteiger partial charge in [0.05, 0.1) is 27.9 Å². The zero-order chi connectivity index (χ0) is 24.0. The molecule has 0 unspecified atom stereocenters. The summed E-state index contributed by atoms with van der Waals surface area (Å²) in [5.74, 6) is 0.728. The van der Waals surface area contributed by atoms with Crippen molar-refractivity contribution in [2.24, 2.45) is 12.5 Å². The van der Waals surface area contributed by atoms with Crippen molar-refractivity contribution in [1.82, 2.24) is 14.0 Å². The summed E-state index contributed by atoms with van der Waals surface area (Å²) in [6.45, 7) is 3.16. The number of hydrogen-bond acceptors (Lipinski definition) is 5. The molecule has 2 N–H and O–H groups in total. The Morgan fingerprint density at radius 3 is 2.71 bits per heavy atom. The average molecular weight is 500 g/mol. The van der Waals surface area contributed by atoms with Gasteiger partial charge in [-0.25, -0.2) is 0 Å². The van der Waals surface area contributed by atoms with Gasteiger partial charge < -0.3 is 14.2 Å². The number of nitrogens with zero attached hydrogens (tertiary/aromatic N) is 3. The summed E-state index contributed by atoms with van der Waals surface area (Å²) in [6, 6.07) is 7.25. The average Bonchev–Trinajstić information content (AvgIpc) is 2.76. The normalized spacial score (nSPS) is 17.5. The third kappa shape index (κ3) is 4.17. The smallest absolute Gasteiger partial charge is 0.259 e. The fourth-order valence-corrected chi connectivity index (χ4v) is 5.85. The second-order valence-electron chi connectivity index (χ2n) is 9.60. The van der Waals surface area contributed by atoms with Crippen molar-refractivity contribution >= 4 is 40.3 Å². The predicted molar refractivity (Wildman–Crippen MR) is 135 cm³/mol. The molecule has 2 aliphatic rings. The van der Waals surface area contributed by atoms with Crippen molar-refractivity contribution in [1.29, 1.82) is 10.8 Å². The molecule has 1 aliphatic heterocycles. The van der Waals surface area contributed by atoms with Gasteiger partial charge in [-0.3, -0.25) is 20.2 Å². The Balaban J connectivity index is 1.12. The molecule has 0 radical (unpaired) electrons. The van der Waals surface area contributed by atoms with E-state index in [1.54, 1.807) is 31.6 Å². The first-order valence-electron chi connectivity index (χ1n) is 11.4. The standard InChI is InChI=1S/C25H27Cl2N5O2/c1-30-8-6-18-21(5-4-19(26)23(18)24(30)33)34-17-10-25(11-17)13-31(14-25)7-2-3-16-9-22(29)32(15-28)12-20(16)27/h4-6,8-9,12,15,17,28-29H,2-3,7,10-11,13-14H2,1H3. The lowest BCUT2D eigenvalue weighted by Crippen LogP contribution is -2.64. The van der Waals surface area contributed by atoms with Crippen LogP contribution in [0.5, 0.6) is 5.75 Å². The number of fused-ring (bicyclic) bond motifs is 1. The van der Waals surface area contributed by atoms with Crippen LogP contribution < -0.4 is 15.8 Å². The fourth-order valence-electron chi connectivity index (χ4n) is 5.35. The van der Waals surface area contributed by atoms with Crippen molar-refractivity contribution in [2.45, 2.75) is 31.8 Å². The highest BCUT2D eigenvalue weighted by atomic mass is 35.5. The van der Waals surface area contributed by atoms with E-state index < -0.39 is 0 Å². The van der Waals surface area contributed by atoms with Crippen LogP contribution >= 0.6 is 23.2 Å². The van der Waals surface area contributed by atoms with Crippen molar-refractivity contribution in [3.8, 4) is 5.75 Å². The summed E-state index contributed by atoms with van der Waals surface area (Å²) in [4.78, 5) is 15.0. The fraction of sp³-hybridized carbons (Fsp3) is 0.400. The molecule has 1 aliphatic carbocycles. The molecule has 7 nitrogen and oxygen atoms in total. The second-order valence-corrected chi connectivity index (χ2v) is 10.4. The van der Waals surface area contributed by atoms with Crippen LogP contribution in [-0.4, -0.2) is 46.1 Å². The first-order valence-corrected chi connectivity index (χ1v) is 12.2. The maximum Gasteiger partial charge on any atom is 0.259 e. The minimum absolute atomic E-state index is 0.114. The lowest BCUT2D eigenvalue weighted by molar-refractivity contribution is -0.118. The highest BCUT2D eigenvalue weighted by molar-refractivity contribution is 6.35. The summed E-state index contributed by atoms with van der Waals surface area (Å²) >= 11 is 12.6. The number of hydrogen-bond donors (Lipinski definition) is 2. The SMILES string of the molecule is Cn1ccc2c(OC3CC4(C3)CN(CCCc3cc(=N)n(C=N)cc3Cl)C4)ccc(Cl)c2c1=O. The maximum absolute atomic E-state index is 12.5. The molecule has 1 saturated heterocycles. The molecular weight excluding hydrogens is 473 g/mol. The van der Waals surface area contributed by atoms with E-state index >= 15 is 0 Å². The summed E-state index contributed by atoms with van der Waals surface area (Å²) in [5.41, 5.74) is 1.46. The molecule has 2 aromatic heterocycles. The number of benzene rings is 1. The molecule has 5 rings (SSSR count). The number of aryl methyl sites for hydroxylation is 2. The molecule has 1 spiro atoms. The summed E-state index contributed by atoms with van der Waals surface area (Å²) < 4.78 is 9.21. The number of aromatic nitrogens is 2. The van der Waals surface area contributed by atoms with E-state index in [-0.39, 0.29) is 17.2 Å². The highest BCUT2D eigenvalue weighted by Crippen LogP contribution is 2.50. The Hall–Kier alpha value is -2.61. The lowest BCUT2D eigenvalue weighted by atomic mass is 9.61. The van der Waals surface area contributed by atoms with Crippen LogP contribution in [0.3, 0.4) is 0 Å². The maximum atomic E-state index is 12.5. The Morgan fingerprint density at radius 2 is 1.97 bits per heavy atom. The summed E-state index contributed by atoms with van der Waals surface area (Å²) in [7, 11) is 1.72. The Bertz CT molecular complexity index is 1380. The van der Waals surface area contributed by atoms with E-state index in [2.05, 4.69) is 4.90 Å². The highest BCUT2D eigenvalue weighted by Gasteiger charge is 2.53. The van der Waals surface area contributed by atoms with Gasteiger partial charge >= 0.3 is 0 Å². The minimum Gasteiger partial charge on any atom is -0.490 e. The molecule has 0 atom stereocenters. The molecule has 0 bridgehead atoms. The van der Waals surface area contributed by atoms with E-state index in [9.17, 15) is 4.79 Å². The van der Waals surface area contributed by atoms with E-state index in [1.807, 2.05) is 12.1 Å². The van der Waals surface area contributed by atoms with Crippen LogP contribution in [0.2, 0.25) is 10.0 Å². The van der Waals surface area contributed by atoms with Crippen molar-refractivity contribution in [3.05, 3.63) is 68.1 Å². The van der Waals surface area contributed by atoms with Gasteiger partial charge in [-0.15, -0.1) is 0 Å². The molecule has 3 aromatic rings. The van der Waals surface area contributed by atoms with Gasteiger partial charge in [-0.2, -0.15) is 0 Å². The van der Waals surface area contributed by atoms with E-state index in [4.69, 9.17) is 38.8 Å². The summed E-state index contributed by atoms with van der Waals surface area (Å²) in [6.07, 6.45) is 8.47. The second kappa shape index (κ2) is 8.87. The van der Waals surface area contributed by atoms with Crippen LogP contribution in [0, 0.1) is 16.2 Å². The van der Waals surface area contributed by atoms with Crippen LogP contribution in [-0.2, 0) is 13.5 Å². The Morgan fingerprint density at radius 1 is 1.21 bits per heavy atom. The zero-order valence-corrected chi connectivity index (χ0v) is 20.5. The number of pyridine rings is 2. The largest absolute Gasteiger partial charge is 0.490 e. The number of ether oxygens (including phenoxy) is 1. The predicted octanol–water partition coefficient (Wildman–Crippen LogP) is 4.06. The molecule has 0 amide bonds. The monoisotopic (exact) mass is 499 g/mol. The third-order valence-corrected chi connectivity index (χ3v) is 7.75. The van der Waals surface area contributed by atoms with Crippen LogP contribution in [0.25, 0.3) is 10.8 Å². The first-order chi connectivity index (χ1) is 16.3. The molecule has 34 heavy (non-hydrogen) atoms. The number of halogens is 2. The summed E-state index contributed by atoms with van der Waals surface area (Å²) in [5, 5.41) is 17.6. The quantitative estimate of drug-likeness (QED) is 0.379. The topological polar surface area (TPSA) is 87.1 Å². The Labute approximate surface area is 207 Å². The third-order valence-electron chi connectivity index (χ3n) is 7.09. The van der Waals surface area contributed by atoms with Gasteiger partial charge in [-0.1, -0.05) is 23.2 Å². The number of likely N-dealkylation sites (tertiary alicyclic amines) is 1. The number of nitrogens with one attached hydrogen (secondary N) is 2. The van der Waals surface area contributed by atoms with Gasteiger partial charge in [-0.05, 0) is 62.1 Å². The molecule has 3 heterocycles. The van der Waals surface area contributed by atoms with Crippen LogP contribution in [0.1, 0.15) is 24.8 Å². The van der Waals surface area contributed by atoms with Gasteiger partial charge in [0.1, 0.15) is 11.2 Å². The Kier molecular flexibility index (Phi) is 6.04. The van der Waals surface area contributed by atoms with Crippen LogP contribution in [0.4, 0.5) is 0 Å². The van der Waals surface area contributed by atoms with Crippen molar-refractivity contribution in [3.63, 3.8) is 0 Å².